The number of nitrogens with zero attached hydrogens (tertiary/aromatic N) is 2. The van der Waals surface area contributed by atoms with Gasteiger partial charge in [0, 0.05) is 23.7 Å². The number of carbonyl (C=O) groups excluding carboxylic acids is 3. The number of aromatic nitrogens is 1. The van der Waals surface area contributed by atoms with Gasteiger partial charge in [-0.25, -0.2) is 9.78 Å². The number of hydrogen-bond donors (Lipinski definition) is 4. The van der Waals surface area contributed by atoms with E-state index in [1.54, 1.807) is 17.2 Å². The van der Waals surface area contributed by atoms with Crippen LogP contribution in [-0.2, 0) is 9.59 Å². The van der Waals surface area contributed by atoms with E-state index >= 15 is 0 Å². The van der Waals surface area contributed by atoms with Crippen LogP contribution >= 0.6 is 11.8 Å². The highest BCUT2D eigenvalue weighted by Gasteiger charge is 2.52. The van der Waals surface area contributed by atoms with Crippen LogP contribution in [0.25, 0.3) is 0 Å². The quantitative estimate of drug-likeness (QED) is 0.383. The van der Waals surface area contributed by atoms with Gasteiger partial charge in [0.25, 0.3) is 5.91 Å². The Morgan fingerprint density at radius 2 is 1.88 bits per heavy atom. The Bertz CT molecular complexity index is 1330. The summed E-state index contributed by atoms with van der Waals surface area (Å²) in [7, 11) is 0. The summed E-state index contributed by atoms with van der Waals surface area (Å²) in [4.78, 5) is 45.5. The summed E-state index contributed by atoms with van der Waals surface area (Å²) in [6, 6.07) is 12.6. The number of thioether (sulfide) groups is 1. The lowest BCUT2D eigenvalue weighted by atomic mass is 9.86. The van der Waals surface area contributed by atoms with Gasteiger partial charge in [0.2, 0.25) is 5.91 Å². The highest BCUT2D eigenvalue weighted by atomic mass is 32.2. The molecule has 3 fully saturated rings. The van der Waals surface area contributed by atoms with Crippen molar-refractivity contribution in [2.24, 2.45) is 5.92 Å². The summed E-state index contributed by atoms with van der Waals surface area (Å²) < 4.78 is 5.86. The Hall–Kier alpha value is -3.83. The summed E-state index contributed by atoms with van der Waals surface area (Å²) in [5, 5.41) is 12.6. The van der Waals surface area contributed by atoms with E-state index in [4.69, 9.17) is 4.74 Å². The van der Waals surface area contributed by atoms with Crippen LogP contribution in [0.15, 0.2) is 71.9 Å². The first-order valence-corrected chi connectivity index (χ1v) is 14.6. The van der Waals surface area contributed by atoms with E-state index in [1.807, 2.05) is 36.4 Å². The zero-order valence-electron chi connectivity index (χ0n) is 22.0. The molecule has 1 aromatic carbocycles. The van der Waals surface area contributed by atoms with Crippen LogP contribution in [0.2, 0.25) is 0 Å². The SMILES string of the molecule is C=CC(=O)N[C@@H]1CCC[C@@H](NC(=O)C2=C3NC(=O)N(c4ccc(Oc5ccccc5)cn4)C4CCNC(S2)C34)C1. The van der Waals surface area contributed by atoms with Crippen LogP contribution in [0.3, 0.4) is 0 Å². The van der Waals surface area contributed by atoms with Gasteiger partial charge in [-0.3, -0.25) is 14.5 Å². The van der Waals surface area contributed by atoms with E-state index in [-0.39, 0.29) is 47.3 Å². The Kier molecular flexibility index (Phi) is 7.48. The predicted molar refractivity (Wildman–Crippen MR) is 153 cm³/mol. The summed E-state index contributed by atoms with van der Waals surface area (Å²) in [5.41, 5.74) is 0.683. The van der Waals surface area contributed by atoms with Crippen molar-refractivity contribution in [3.8, 4) is 11.5 Å². The number of anilines is 1. The van der Waals surface area contributed by atoms with Crippen LogP contribution in [0.1, 0.15) is 32.1 Å². The number of rotatable bonds is 7. The van der Waals surface area contributed by atoms with Crippen molar-refractivity contribution in [2.45, 2.75) is 55.6 Å². The van der Waals surface area contributed by atoms with Gasteiger partial charge in [0.05, 0.1) is 22.5 Å². The Morgan fingerprint density at radius 3 is 2.62 bits per heavy atom. The molecule has 4 N–H and O–H groups in total. The first-order valence-electron chi connectivity index (χ1n) is 13.7. The molecule has 2 aromatic rings. The van der Waals surface area contributed by atoms with Crippen molar-refractivity contribution in [1.29, 1.82) is 0 Å². The van der Waals surface area contributed by atoms with Gasteiger partial charge < -0.3 is 26.0 Å². The van der Waals surface area contributed by atoms with E-state index in [2.05, 4.69) is 32.8 Å². The van der Waals surface area contributed by atoms with Gasteiger partial charge in [-0.05, 0) is 69.0 Å². The molecule has 10 nitrogen and oxygen atoms in total. The van der Waals surface area contributed by atoms with Gasteiger partial charge in [0.15, 0.2) is 0 Å². The molecule has 4 amide bonds. The van der Waals surface area contributed by atoms with Crippen LogP contribution in [0.5, 0.6) is 11.5 Å². The molecule has 2 saturated heterocycles. The smallest absolute Gasteiger partial charge is 0.327 e. The van der Waals surface area contributed by atoms with Crippen molar-refractivity contribution in [2.75, 3.05) is 11.4 Å². The van der Waals surface area contributed by atoms with Crippen LogP contribution in [0.4, 0.5) is 10.6 Å². The van der Waals surface area contributed by atoms with E-state index in [0.29, 0.717) is 34.3 Å². The minimum Gasteiger partial charge on any atom is -0.456 e. The van der Waals surface area contributed by atoms with E-state index in [9.17, 15) is 14.4 Å². The molecule has 1 aromatic heterocycles. The van der Waals surface area contributed by atoms with Crippen molar-refractivity contribution in [3.05, 3.63) is 71.9 Å². The van der Waals surface area contributed by atoms with Crippen molar-refractivity contribution in [3.63, 3.8) is 0 Å². The monoisotopic (exact) mass is 560 g/mol. The fraction of sp³-hybridized carbons (Fsp3) is 0.379. The molecule has 208 valence electrons. The average molecular weight is 561 g/mol. The molecule has 0 spiro atoms. The number of benzene rings is 1. The fourth-order valence-electron chi connectivity index (χ4n) is 6.05. The van der Waals surface area contributed by atoms with Crippen molar-refractivity contribution in [1.82, 2.24) is 26.3 Å². The summed E-state index contributed by atoms with van der Waals surface area (Å²) in [6.45, 7) is 4.25. The van der Waals surface area contributed by atoms with Gasteiger partial charge in [-0.1, -0.05) is 36.5 Å². The molecular weight excluding hydrogens is 528 g/mol. The molecule has 1 saturated carbocycles. The maximum Gasteiger partial charge on any atom is 0.327 e. The molecule has 0 radical (unpaired) electrons. The number of ether oxygens (including phenoxy) is 1. The van der Waals surface area contributed by atoms with Gasteiger partial charge >= 0.3 is 6.03 Å². The molecule has 4 aliphatic rings. The number of nitrogens with one attached hydrogen (secondary N) is 4. The zero-order chi connectivity index (χ0) is 27.6. The van der Waals surface area contributed by atoms with Crippen LogP contribution < -0.4 is 30.9 Å². The van der Waals surface area contributed by atoms with Crippen LogP contribution in [0, 0.1) is 5.92 Å². The number of para-hydroxylation sites is 1. The molecule has 4 heterocycles. The number of carbonyl (C=O) groups is 3. The summed E-state index contributed by atoms with van der Waals surface area (Å²) in [6.07, 6.45) is 6.94. The third-order valence-electron chi connectivity index (χ3n) is 7.84. The Morgan fingerprint density at radius 1 is 1.07 bits per heavy atom. The maximum absolute atomic E-state index is 13.5. The predicted octanol–water partition coefficient (Wildman–Crippen LogP) is 3.40. The lowest BCUT2D eigenvalue weighted by Gasteiger charge is -2.45. The largest absolute Gasteiger partial charge is 0.456 e. The second kappa shape index (κ2) is 11.3. The van der Waals surface area contributed by atoms with Crippen molar-refractivity contribution >= 4 is 35.4 Å². The number of urea groups is 1. The molecule has 6 rings (SSSR count). The minimum atomic E-state index is -0.293. The lowest BCUT2D eigenvalue weighted by Crippen LogP contribution is -2.62. The number of piperidine rings is 1. The molecule has 5 atom stereocenters. The molecule has 40 heavy (non-hydrogen) atoms. The highest BCUT2D eigenvalue weighted by molar-refractivity contribution is 8.04. The average Bonchev–Trinajstić information content (AvgIpc) is 3.34. The zero-order valence-corrected chi connectivity index (χ0v) is 22.8. The number of pyridine rings is 1. The van der Waals surface area contributed by atoms with Gasteiger partial charge in [-0.2, -0.15) is 0 Å². The number of amides is 4. The van der Waals surface area contributed by atoms with Gasteiger partial charge in [-0.15, -0.1) is 0 Å². The van der Waals surface area contributed by atoms with Gasteiger partial charge in [0.1, 0.15) is 17.3 Å². The molecule has 0 bridgehead atoms. The van der Waals surface area contributed by atoms with E-state index < -0.39 is 0 Å². The molecule has 1 aliphatic carbocycles. The van der Waals surface area contributed by atoms with E-state index in [1.165, 1.54) is 17.8 Å². The molecule has 3 aliphatic heterocycles. The molecule has 11 heteroatoms. The second-order valence-electron chi connectivity index (χ2n) is 10.4. The third kappa shape index (κ3) is 5.31. The van der Waals surface area contributed by atoms with Crippen LogP contribution in [-0.4, -0.2) is 52.9 Å². The molecular formula is C29H32N6O4S. The minimum absolute atomic E-state index is 0.00647. The standard InChI is InChI=1S/C29H32N6O4S/c1-2-23(36)32-17-7-6-8-18(15-17)33-27(37)26-25-24-21(13-14-30-28(24)40-26)35(29(38)34-25)22-12-11-20(16-31-22)39-19-9-4-3-5-10-19/h2-5,9-12,16-18,21,24,28,30H,1,6-8,13-15H2,(H,32,36)(H,33,37)(H,34,38)/t17-,18-,21?,24?,28?/m1/s1. The first kappa shape index (κ1) is 26.4. The normalized spacial score (nSPS) is 27.4. The Labute approximate surface area is 237 Å². The summed E-state index contributed by atoms with van der Waals surface area (Å²) in [5.74, 6) is 1.40. The fourth-order valence-corrected chi connectivity index (χ4v) is 7.45. The second-order valence-corrected chi connectivity index (χ2v) is 11.6. The topological polar surface area (TPSA) is 125 Å². The lowest BCUT2D eigenvalue weighted by molar-refractivity contribution is -0.117. The number of hydrogen-bond acceptors (Lipinski definition) is 7. The first-order chi connectivity index (χ1) is 19.5. The van der Waals surface area contributed by atoms with Crippen molar-refractivity contribution < 1.29 is 19.1 Å². The Balaban J connectivity index is 1.17. The maximum atomic E-state index is 13.5. The van der Waals surface area contributed by atoms with E-state index in [0.717, 1.165) is 32.2 Å². The highest BCUT2D eigenvalue weighted by Crippen LogP contribution is 2.47. The third-order valence-corrected chi connectivity index (χ3v) is 9.19. The summed E-state index contributed by atoms with van der Waals surface area (Å²) >= 11 is 1.48. The molecule has 3 unspecified atom stereocenters.